The molecule has 0 aliphatic rings. The smallest absolute Gasteiger partial charge is 0.344 e. The molecule has 2 aromatic carbocycles. The predicted octanol–water partition coefficient (Wildman–Crippen LogP) is 2.98. The quantitative estimate of drug-likeness (QED) is 0.165. The Morgan fingerprint density at radius 2 is 1.80 bits per heavy atom. The molecule has 1 heterocycles. The lowest BCUT2D eigenvalue weighted by atomic mass is 10.2. The van der Waals surface area contributed by atoms with Crippen LogP contribution in [0, 0.1) is 3.57 Å². The van der Waals surface area contributed by atoms with Gasteiger partial charge in [-0.25, -0.2) is 10.2 Å². The van der Waals surface area contributed by atoms with Crippen LogP contribution in [0.3, 0.4) is 0 Å². The molecular formula is C21H16IN3O5. The van der Waals surface area contributed by atoms with Gasteiger partial charge in [-0.05, 0) is 76.7 Å². The summed E-state index contributed by atoms with van der Waals surface area (Å²) < 4.78 is 11.1. The van der Waals surface area contributed by atoms with Crippen LogP contribution in [-0.2, 0) is 4.79 Å². The molecule has 0 unspecified atom stereocenters. The van der Waals surface area contributed by atoms with Gasteiger partial charge < -0.3 is 14.5 Å². The Labute approximate surface area is 185 Å². The Bertz CT molecular complexity index is 1060. The van der Waals surface area contributed by atoms with Crippen LogP contribution in [0.1, 0.15) is 26.5 Å². The number of ether oxygens (including phenoxy) is 1. The van der Waals surface area contributed by atoms with E-state index < -0.39 is 17.8 Å². The van der Waals surface area contributed by atoms with Crippen LogP contribution >= 0.6 is 22.6 Å². The lowest BCUT2D eigenvalue weighted by Gasteiger charge is -2.06. The first kappa shape index (κ1) is 21.2. The van der Waals surface area contributed by atoms with Crippen molar-refractivity contribution in [1.29, 1.82) is 0 Å². The first-order chi connectivity index (χ1) is 14.5. The summed E-state index contributed by atoms with van der Waals surface area (Å²) in [6.45, 7) is -0.246. The molecule has 0 bridgehead atoms. The number of carbonyl (C=O) groups excluding carboxylic acids is 3. The van der Waals surface area contributed by atoms with Gasteiger partial charge in [-0.3, -0.25) is 9.59 Å². The molecule has 0 saturated carbocycles. The van der Waals surface area contributed by atoms with E-state index in [-0.39, 0.29) is 12.3 Å². The van der Waals surface area contributed by atoms with Crippen molar-refractivity contribution >= 4 is 46.6 Å². The van der Waals surface area contributed by atoms with Gasteiger partial charge >= 0.3 is 5.97 Å². The highest BCUT2D eigenvalue weighted by molar-refractivity contribution is 14.1. The van der Waals surface area contributed by atoms with Crippen LogP contribution in [0.5, 0.6) is 5.75 Å². The highest BCUT2D eigenvalue weighted by atomic mass is 127. The number of amides is 2. The summed E-state index contributed by atoms with van der Waals surface area (Å²) in [6, 6.07) is 16.8. The molecule has 0 atom stereocenters. The normalized spacial score (nSPS) is 10.6. The second-order valence-electron chi connectivity index (χ2n) is 5.89. The zero-order valence-electron chi connectivity index (χ0n) is 15.5. The van der Waals surface area contributed by atoms with Crippen LogP contribution in [0.4, 0.5) is 0 Å². The number of nitrogens with zero attached hydrogens (tertiary/aromatic N) is 1. The van der Waals surface area contributed by atoms with E-state index in [9.17, 15) is 14.4 Å². The topological polar surface area (TPSA) is 110 Å². The number of hydrogen-bond donors (Lipinski definition) is 2. The third-order valence-corrected chi connectivity index (χ3v) is 4.68. The van der Waals surface area contributed by atoms with E-state index in [2.05, 4.69) is 38.4 Å². The Balaban J connectivity index is 1.46. The number of halogens is 1. The SMILES string of the molecule is O=C(CNC(=O)c1ccco1)N/N=C/c1ccc(OC(=O)c2ccccc2I)cc1. The zero-order valence-corrected chi connectivity index (χ0v) is 17.7. The summed E-state index contributed by atoms with van der Waals surface area (Å²) in [7, 11) is 0. The molecule has 0 aliphatic heterocycles. The van der Waals surface area contributed by atoms with Crippen molar-refractivity contribution in [3.05, 3.63) is 87.4 Å². The minimum Gasteiger partial charge on any atom is -0.459 e. The van der Waals surface area contributed by atoms with Gasteiger partial charge in [-0.1, -0.05) is 12.1 Å². The molecule has 2 amide bonds. The van der Waals surface area contributed by atoms with Crippen molar-refractivity contribution < 1.29 is 23.5 Å². The summed E-state index contributed by atoms with van der Waals surface area (Å²) >= 11 is 2.08. The average molecular weight is 517 g/mol. The van der Waals surface area contributed by atoms with E-state index in [0.717, 1.165) is 3.57 Å². The Morgan fingerprint density at radius 1 is 1.03 bits per heavy atom. The van der Waals surface area contributed by atoms with E-state index in [4.69, 9.17) is 9.15 Å². The number of rotatable bonds is 7. The predicted molar refractivity (Wildman–Crippen MR) is 117 cm³/mol. The van der Waals surface area contributed by atoms with Crippen molar-refractivity contribution in [1.82, 2.24) is 10.7 Å². The molecule has 8 nitrogen and oxygen atoms in total. The van der Waals surface area contributed by atoms with Gasteiger partial charge in [-0.15, -0.1) is 0 Å². The first-order valence-corrected chi connectivity index (χ1v) is 9.81. The number of benzene rings is 2. The second-order valence-corrected chi connectivity index (χ2v) is 7.05. The Morgan fingerprint density at radius 3 is 2.50 bits per heavy atom. The molecule has 1 aromatic heterocycles. The van der Waals surface area contributed by atoms with Crippen LogP contribution in [0.25, 0.3) is 0 Å². The van der Waals surface area contributed by atoms with E-state index in [0.29, 0.717) is 16.9 Å². The maximum Gasteiger partial charge on any atom is 0.344 e. The molecule has 30 heavy (non-hydrogen) atoms. The van der Waals surface area contributed by atoms with Crippen molar-refractivity contribution in [2.24, 2.45) is 5.10 Å². The third kappa shape index (κ3) is 6.01. The fraction of sp³-hybridized carbons (Fsp3) is 0.0476. The monoisotopic (exact) mass is 517 g/mol. The molecular weight excluding hydrogens is 501 g/mol. The summed E-state index contributed by atoms with van der Waals surface area (Å²) in [5.74, 6) is -0.913. The minimum absolute atomic E-state index is 0.120. The van der Waals surface area contributed by atoms with Crippen molar-refractivity contribution in [3.8, 4) is 5.75 Å². The lowest BCUT2D eigenvalue weighted by Crippen LogP contribution is -2.34. The van der Waals surface area contributed by atoms with Crippen LogP contribution in [-0.4, -0.2) is 30.5 Å². The lowest BCUT2D eigenvalue weighted by molar-refractivity contribution is -0.120. The van der Waals surface area contributed by atoms with Gasteiger partial charge in [0.2, 0.25) is 0 Å². The van der Waals surface area contributed by atoms with E-state index in [1.54, 1.807) is 42.5 Å². The molecule has 0 saturated heterocycles. The summed E-state index contributed by atoms with van der Waals surface area (Å²) in [5, 5.41) is 6.23. The number of hydrazone groups is 1. The fourth-order valence-electron chi connectivity index (χ4n) is 2.28. The van der Waals surface area contributed by atoms with Gasteiger partial charge in [0.05, 0.1) is 24.6 Å². The summed E-state index contributed by atoms with van der Waals surface area (Å²) in [4.78, 5) is 35.6. The fourth-order valence-corrected chi connectivity index (χ4v) is 2.89. The van der Waals surface area contributed by atoms with E-state index in [1.807, 2.05) is 12.1 Å². The molecule has 3 aromatic rings. The zero-order chi connectivity index (χ0) is 21.3. The van der Waals surface area contributed by atoms with Gasteiger partial charge in [0.15, 0.2) is 5.76 Å². The molecule has 0 aliphatic carbocycles. The van der Waals surface area contributed by atoms with Crippen molar-refractivity contribution in [2.75, 3.05) is 6.54 Å². The molecule has 152 valence electrons. The average Bonchev–Trinajstić information content (AvgIpc) is 3.28. The Hall–Kier alpha value is -3.47. The van der Waals surface area contributed by atoms with E-state index >= 15 is 0 Å². The summed E-state index contributed by atoms with van der Waals surface area (Å²) in [6.07, 6.45) is 2.80. The number of carbonyl (C=O) groups is 3. The van der Waals surface area contributed by atoms with Crippen LogP contribution < -0.4 is 15.5 Å². The molecule has 0 fully saturated rings. The molecule has 3 rings (SSSR count). The molecule has 0 spiro atoms. The van der Waals surface area contributed by atoms with E-state index in [1.165, 1.54) is 18.5 Å². The molecule has 9 heteroatoms. The standard InChI is InChI=1S/C21H16IN3O5/c22-17-5-2-1-4-16(17)21(28)30-15-9-7-14(8-10-15)12-24-25-19(26)13-23-20(27)18-6-3-11-29-18/h1-12H,13H2,(H,23,27)(H,25,26)/b24-12+. The van der Waals surface area contributed by atoms with Crippen LogP contribution in [0.15, 0.2) is 76.4 Å². The molecule has 0 radical (unpaired) electrons. The first-order valence-electron chi connectivity index (χ1n) is 8.73. The largest absolute Gasteiger partial charge is 0.459 e. The summed E-state index contributed by atoms with van der Waals surface area (Å²) in [5.41, 5.74) is 3.48. The number of hydrogen-bond acceptors (Lipinski definition) is 6. The maximum atomic E-state index is 12.2. The van der Waals surface area contributed by atoms with Gasteiger partial charge in [0.25, 0.3) is 11.8 Å². The highest BCUT2D eigenvalue weighted by Gasteiger charge is 2.12. The highest BCUT2D eigenvalue weighted by Crippen LogP contribution is 2.17. The molecule has 2 N–H and O–H groups in total. The number of nitrogens with one attached hydrogen (secondary N) is 2. The third-order valence-electron chi connectivity index (χ3n) is 3.74. The second kappa shape index (κ2) is 10.3. The van der Waals surface area contributed by atoms with Gasteiger partial charge in [0.1, 0.15) is 5.75 Å². The number of esters is 1. The van der Waals surface area contributed by atoms with Gasteiger partial charge in [0, 0.05) is 3.57 Å². The van der Waals surface area contributed by atoms with Crippen molar-refractivity contribution in [2.45, 2.75) is 0 Å². The Kier molecular flexibility index (Phi) is 7.33. The maximum absolute atomic E-state index is 12.2. The van der Waals surface area contributed by atoms with Crippen molar-refractivity contribution in [3.63, 3.8) is 0 Å². The minimum atomic E-state index is -0.492. The van der Waals surface area contributed by atoms with Gasteiger partial charge in [-0.2, -0.15) is 5.10 Å². The van der Waals surface area contributed by atoms with Crippen LogP contribution in [0.2, 0.25) is 0 Å². The number of furan rings is 1.